The Morgan fingerprint density at radius 2 is 1.72 bits per heavy atom. The number of ether oxygens (including phenoxy) is 2. The molecule has 0 unspecified atom stereocenters. The van der Waals surface area contributed by atoms with Gasteiger partial charge in [0.25, 0.3) is 0 Å². The number of nitrogens with zero attached hydrogens (tertiary/aromatic N) is 1. The minimum atomic E-state index is -3.70. The number of rotatable bonds is 7. The van der Waals surface area contributed by atoms with E-state index in [1.54, 1.807) is 26.4 Å². The minimum Gasteiger partial charge on any atom is -0.493 e. The molecule has 0 spiro atoms. The smallest absolute Gasteiger partial charge is 0.238 e. The molecule has 3 N–H and O–H groups in total. The summed E-state index contributed by atoms with van der Waals surface area (Å²) in [6.07, 6.45) is 0.692. The number of hydrazone groups is 1. The maximum atomic E-state index is 11.3. The fourth-order valence-corrected chi connectivity index (χ4v) is 2.73. The number of hydrogen-bond donors (Lipinski definition) is 2. The molecule has 25 heavy (non-hydrogen) atoms. The van der Waals surface area contributed by atoms with Crippen LogP contribution in [-0.2, 0) is 10.0 Å². The van der Waals surface area contributed by atoms with Crippen LogP contribution in [0, 0.1) is 0 Å². The molecule has 7 nitrogen and oxygen atoms in total. The molecule has 0 aliphatic heterocycles. The molecule has 8 heteroatoms. The molecule has 0 saturated carbocycles. The lowest BCUT2D eigenvalue weighted by Crippen LogP contribution is -2.11. The van der Waals surface area contributed by atoms with Gasteiger partial charge in [0.1, 0.15) is 0 Å². The quantitative estimate of drug-likeness (QED) is 0.581. The van der Waals surface area contributed by atoms with Gasteiger partial charge in [0.15, 0.2) is 11.5 Å². The van der Waals surface area contributed by atoms with E-state index in [9.17, 15) is 8.42 Å². The van der Waals surface area contributed by atoms with E-state index in [0.29, 0.717) is 23.6 Å². The number of nitrogens with two attached hydrogens (primary N) is 1. The predicted molar refractivity (Wildman–Crippen MR) is 97.8 cm³/mol. The third kappa shape index (κ3) is 4.71. The summed E-state index contributed by atoms with van der Waals surface area (Å²) in [5.74, 6) is 1.27. The predicted octanol–water partition coefficient (Wildman–Crippen LogP) is 2.58. The van der Waals surface area contributed by atoms with E-state index in [1.807, 2.05) is 25.1 Å². The second kappa shape index (κ2) is 8.00. The number of hydrogen-bond acceptors (Lipinski definition) is 6. The van der Waals surface area contributed by atoms with Gasteiger partial charge in [0.05, 0.1) is 30.5 Å². The maximum Gasteiger partial charge on any atom is 0.238 e. The summed E-state index contributed by atoms with van der Waals surface area (Å²) in [6, 6.07) is 11.6. The number of anilines is 1. The third-order valence-corrected chi connectivity index (χ3v) is 4.48. The summed E-state index contributed by atoms with van der Waals surface area (Å²) in [5.41, 5.74) is 5.28. The van der Waals surface area contributed by atoms with Crippen molar-refractivity contribution in [3.8, 4) is 11.5 Å². The molecule has 2 aromatic carbocycles. The molecule has 0 aromatic heterocycles. The van der Waals surface area contributed by atoms with E-state index in [4.69, 9.17) is 14.6 Å². The lowest BCUT2D eigenvalue weighted by atomic mass is 10.1. The Labute approximate surface area is 147 Å². The first kappa shape index (κ1) is 18.8. The summed E-state index contributed by atoms with van der Waals surface area (Å²) >= 11 is 0. The highest BCUT2D eigenvalue weighted by molar-refractivity contribution is 7.89. The molecule has 0 saturated heterocycles. The van der Waals surface area contributed by atoms with Crippen molar-refractivity contribution in [2.24, 2.45) is 10.2 Å². The van der Waals surface area contributed by atoms with Crippen molar-refractivity contribution in [3.05, 3.63) is 48.0 Å². The molecule has 0 heterocycles. The molecular formula is C17H21N3O4S. The van der Waals surface area contributed by atoms with E-state index in [2.05, 4.69) is 10.5 Å². The second-order valence-corrected chi connectivity index (χ2v) is 6.72. The van der Waals surface area contributed by atoms with Gasteiger partial charge >= 0.3 is 0 Å². The van der Waals surface area contributed by atoms with Gasteiger partial charge < -0.3 is 9.47 Å². The van der Waals surface area contributed by atoms with Crippen LogP contribution in [0.15, 0.2) is 52.5 Å². The van der Waals surface area contributed by atoms with Crippen LogP contribution in [0.3, 0.4) is 0 Å². The van der Waals surface area contributed by atoms with Crippen LogP contribution in [0.1, 0.15) is 18.9 Å². The van der Waals surface area contributed by atoms with Gasteiger partial charge in [-0.15, -0.1) is 0 Å². The Bertz CT molecular complexity index is 862. The monoisotopic (exact) mass is 363 g/mol. The van der Waals surface area contributed by atoms with Crippen LogP contribution in [0.5, 0.6) is 11.5 Å². The van der Waals surface area contributed by atoms with Crippen molar-refractivity contribution < 1.29 is 17.9 Å². The minimum absolute atomic E-state index is 0.0534. The largest absolute Gasteiger partial charge is 0.493 e. The Morgan fingerprint density at radius 1 is 1.08 bits per heavy atom. The molecule has 134 valence electrons. The van der Waals surface area contributed by atoms with Crippen LogP contribution in [0.2, 0.25) is 0 Å². The topological polar surface area (TPSA) is 103 Å². The molecule has 0 radical (unpaired) electrons. The zero-order valence-corrected chi connectivity index (χ0v) is 15.1. The van der Waals surface area contributed by atoms with E-state index < -0.39 is 10.0 Å². The number of nitrogens with one attached hydrogen (secondary N) is 1. The molecule has 0 aliphatic carbocycles. The Balaban J connectivity index is 2.23. The molecule has 2 rings (SSSR count). The van der Waals surface area contributed by atoms with Crippen molar-refractivity contribution in [3.63, 3.8) is 0 Å². The maximum absolute atomic E-state index is 11.3. The molecule has 2 aromatic rings. The second-order valence-electron chi connectivity index (χ2n) is 5.16. The Hall–Kier alpha value is -2.58. The van der Waals surface area contributed by atoms with Crippen LogP contribution in [0.25, 0.3) is 0 Å². The highest BCUT2D eigenvalue weighted by Crippen LogP contribution is 2.28. The van der Waals surface area contributed by atoms with Gasteiger partial charge in [-0.1, -0.05) is 6.92 Å². The van der Waals surface area contributed by atoms with Gasteiger partial charge in [0, 0.05) is 5.56 Å². The third-order valence-electron chi connectivity index (χ3n) is 3.55. The van der Waals surface area contributed by atoms with Crippen LogP contribution in [0.4, 0.5) is 5.69 Å². The molecule has 0 fully saturated rings. The van der Waals surface area contributed by atoms with Crippen molar-refractivity contribution in [1.82, 2.24) is 0 Å². The first-order valence-corrected chi connectivity index (χ1v) is 9.11. The summed E-state index contributed by atoms with van der Waals surface area (Å²) in [6.45, 7) is 1.99. The van der Waals surface area contributed by atoms with Gasteiger partial charge in [-0.05, 0) is 48.9 Å². The zero-order valence-electron chi connectivity index (χ0n) is 14.3. The average Bonchev–Trinajstić information content (AvgIpc) is 2.61. The number of methoxy groups -OCH3 is 2. The zero-order chi connectivity index (χ0) is 18.4. The first-order valence-electron chi connectivity index (χ1n) is 7.57. The summed E-state index contributed by atoms with van der Waals surface area (Å²) in [5, 5.41) is 9.47. The van der Waals surface area contributed by atoms with Crippen molar-refractivity contribution >= 4 is 21.4 Å². The molecule has 0 atom stereocenters. The van der Waals surface area contributed by atoms with Crippen molar-refractivity contribution in [1.29, 1.82) is 0 Å². The average molecular weight is 363 g/mol. The first-order chi connectivity index (χ1) is 11.9. The lowest BCUT2D eigenvalue weighted by Gasteiger charge is -2.11. The fourth-order valence-electron chi connectivity index (χ4n) is 2.21. The molecule has 0 aliphatic rings. The lowest BCUT2D eigenvalue weighted by molar-refractivity contribution is 0.355. The Kier molecular flexibility index (Phi) is 6.00. The van der Waals surface area contributed by atoms with Crippen LogP contribution < -0.4 is 20.0 Å². The van der Waals surface area contributed by atoms with Crippen LogP contribution >= 0.6 is 0 Å². The number of benzene rings is 2. The standard InChI is InChI=1S/C17H21N3O4S/c1-4-15(12-5-10-16(23-2)17(11-12)24-3)20-19-13-6-8-14(9-7-13)25(18,21)22/h5-11,19H,4H2,1-3H3,(H2,18,21,22)/b20-15+. The van der Waals surface area contributed by atoms with Crippen LogP contribution in [-0.4, -0.2) is 28.3 Å². The summed E-state index contributed by atoms with van der Waals surface area (Å²) in [4.78, 5) is 0.0534. The van der Waals surface area contributed by atoms with Gasteiger partial charge in [0.2, 0.25) is 10.0 Å². The Morgan fingerprint density at radius 3 is 2.24 bits per heavy atom. The molecule has 0 amide bonds. The number of sulfonamides is 1. The van der Waals surface area contributed by atoms with Crippen molar-refractivity contribution in [2.45, 2.75) is 18.2 Å². The van der Waals surface area contributed by atoms with E-state index >= 15 is 0 Å². The SMILES string of the molecule is CC/C(=N\Nc1ccc(S(N)(=O)=O)cc1)c1ccc(OC)c(OC)c1. The molecule has 0 bridgehead atoms. The molecular weight excluding hydrogens is 342 g/mol. The highest BCUT2D eigenvalue weighted by atomic mass is 32.2. The highest BCUT2D eigenvalue weighted by Gasteiger charge is 2.09. The van der Waals surface area contributed by atoms with Crippen molar-refractivity contribution in [2.75, 3.05) is 19.6 Å². The van der Waals surface area contributed by atoms with Gasteiger partial charge in [-0.3, -0.25) is 5.43 Å². The van der Waals surface area contributed by atoms with Gasteiger partial charge in [-0.25, -0.2) is 13.6 Å². The number of primary sulfonamides is 1. The fraction of sp³-hybridized carbons (Fsp3) is 0.235. The van der Waals surface area contributed by atoms with Gasteiger partial charge in [-0.2, -0.15) is 5.10 Å². The summed E-state index contributed by atoms with van der Waals surface area (Å²) < 4.78 is 33.1. The van der Waals surface area contributed by atoms with E-state index in [-0.39, 0.29) is 4.90 Å². The van der Waals surface area contributed by atoms with E-state index in [1.165, 1.54) is 12.1 Å². The van der Waals surface area contributed by atoms with E-state index in [0.717, 1.165) is 11.3 Å². The summed E-state index contributed by atoms with van der Waals surface area (Å²) in [7, 11) is -0.541. The normalized spacial score (nSPS) is 11.9.